The summed E-state index contributed by atoms with van der Waals surface area (Å²) in [6.45, 7) is 4.54. The molecule has 1 fully saturated rings. The molecule has 1 unspecified atom stereocenters. The highest BCUT2D eigenvalue weighted by Crippen LogP contribution is 2.24. The van der Waals surface area contributed by atoms with Crippen molar-refractivity contribution in [2.75, 3.05) is 16.8 Å². The van der Waals surface area contributed by atoms with Crippen molar-refractivity contribution >= 4 is 34.8 Å². The lowest BCUT2D eigenvalue weighted by Gasteiger charge is -2.19. The van der Waals surface area contributed by atoms with E-state index in [9.17, 15) is 9.59 Å². The van der Waals surface area contributed by atoms with Crippen LogP contribution in [0.25, 0.3) is 0 Å². The van der Waals surface area contributed by atoms with Crippen LogP contribution in [0.4, 0.5) is 11.4 Å². The number of hydrogen-bond acceptors (Lipinski definition) is 3. The van der Waals surface area contributed by atoms with Crippen molar-refractivity contribution < 1.29 is 14.3 Å². The Balaban J connectivity index is 1.63. The number of nitrogens with zero attached hydrogens (tertiary/aromatic N) is 1. The molecule has 0 aliphatic carbocycles. The fourth-order valence-corrected chi connectivity index (χ4v) is 3.16. The summed E-state index contributed by atoms with van der Waals surface area (Å²) in [5.74, 6) is 0.543. The average molecular weight is 387 g/mol. The fourth-order valence-electron chi connectivity index (χ4n) is 3.05. The SMILES string of the molecule is CCC(Oc1ccc(Cl)c(C)c1)C(=O)Nc1ccc(N2CCCC2=O)cc1. The van der Waals surface area contributed by atoms with Gasteiger partial charge in [-0.15, -0.1) is 0 Å². The van der Waals surface area contributed by atoms with Crippen LogP contribution in [0.15, 0.2) is 42.5 Å². The third-order valence-corrected chi connectivity index (χ3v) is 5.01. The number of carbonyl (C=O) groups excluding carboxylic acids is 2. The van der Waals surface area contributed by atoms with Gasteiger partial charge in [0.2, 0.25) is 5.91 Å². The molecule has 0 aromatic heterocycles. The van der Waals surface area contributed by atoms with Gasteiger partial charge in [-0.2, -0.15) is 0 Å². The lowest BCUT2D eigenvalue weighted by atomic mass is 10.2. The number of anilines is 2. The normalized spacial score (nSPS) is 14.9. The van der Waals surface area contributed by atoms with Crippen LogP contribution in [0.5, 0.6) is 5.75 Å². The maximum absolute atomic E-state index is 12.6. The third-order valence-electron chi connectivity index (χ3n) is 4.59. The molecule has 0 radical (unpaired) electrons. The van der Waals surface area contributed by atoms with Gasteiger partial charge in [0.05, 0.1) is 0 Å². The Morgan fingerprint density at radius 3 is 2.59 bits per heavy atom. The zero-order valence-corrected chi connectivity index (χ0v) is 16.3. The highest BCUT2D eigenvalue weighted by Gasteiger charge is 2.22. The number of halogens is 1. The molecule has 2 amide bonds. The smallest absolute Gasteiger partial charge is 0.265 e. The van der Waals surface area contributed by atoms with Gasteiger partial charge in [-0.05, 0) is 67.8 Å². The van der Waals surface area contributed by atoms with Gasteiger partial charge < -0.3 is 15.0 Å². The molecule has 6 heteroatoms. The molecule has 1 heterocycles. The maximum Gasteiger partial charge on any atom is 0.265 e. The molecule has 0 spiro atoms. The van der Waals surface area contributed by atoms with Crippen LogP contribution in [0.1, 0.15) is 31.7 Å². The van der Waals surface area contributed by atoms with Gasteiger partial charge in [0.1, 0.15) is 5.75 Å². The lowest BCUT2D eigenvalue weighted by molar-refractivity contribution is -0.122. The Kier molecular flexibility index (Phi) is 6.01. The van der Waals surface area contributed by atoms with Crippen molar-refractivity contribution in [3.63, 3.8) is 0 Å². The Morgan fingerprint density at radius 2 is 2.00 bits per heavy atom. The number of benzene rings is 2. The number of amides is 2. The summed E-state index contributed by atoms with van der Waals surface area (Å²) in [5, 5.41) is 3.54. The number of aryl methyl sites for hydroxylation is 1. The molecule has 0 saturated carbocycles. The first-order chi connectivity index (χ1) is 13.0. The predicted octanol–water partition coefficient (Wildman–Crippen LogP) is 4.57. The topological polar surface area (TPSA) is 58.6 Å². The van der Waals surface area contributed by atoms with E-state index in [4.69, 9.17) is 16.3 Å². The van der Waals surface area contributed by atoms with E-state index in [2.05, 4.69) is 5.32 Å². The summed E-state index contributed by atoms with van der Waals surface area (Å²) in [4.78, 5) is 26.2. The van der Waals surface area contributed by atoms with Gasteiger partial charge in [-0.1, -0.05) is 18.5 Å². The van der Waals surface area contributed by atoms with E-state index >= 15 is 0 Å². The van der Waals surface area contributed by atoms with Crippen molar-refractivity contribution in [3.05, 3.63) is 53.1 Å². The standard InChI is InChI=1S/C21H23ClN2O3/c1-3-19(27-17-10-11-18(22)14(2)13-17)21(26)23-15-6-8-16(9-7-15)24-12-4-5-20(24)25/h6-11,13,19H,3-5,12H2,1-2H3,(H,23,26). The van der Waals surface area contributed by atoms with E-state index in [-0.39, 0.29) is 11.8 Å². The molecule has 142 valence electrons. The number of hydrogen-bond donors (Lipinski definition) is 1. The van der Waals surface area contributed by atoms with E-state index < -0.39 is 6.10 Å². The lowest BCUT2D eigenvalue weighted by Crippen LogP contribution is -2.32. The van der Waals surface area contributed by atoms with Crippen LogP contribution in [0.2, 0.25) is 5.02 Å². The predicted molar refractivity (Wildman–Crippen MR) is 108 cm³/mol. The van der Waals surface area contributed by atoms with E-state index in [1.54, 1.807) is 29.2 Å². The van der Waals surface area contributed by atoms with E-state index in [0.717, 1.165) is 24.2 Å². The maximum atomic E-state index is 12.6. The first-order valence-electron chi connectivity index (χ1n) is 9.12. The summed E-state index contributed by atoms with van der Waals surface area (Å²) in [7, 11) is 0. The van der Waals surface area contributed by atoms with Crippen LogP contribution in [-0.2, 0) is 9.59 Å². The molecule has 0 bridgehead atoms. The van der Waals surface area contributed by atoms with Gasteiger partial charge in [0.15, 0.2) is 6.10 Å². The summed E-state index contributed by atoms with van der Waals surface area (Å²) in [6, 6.07) is 12.6. The second-order valence-corrected chi connectivity index (χ2v) is 7.02. The zero-order valence-electron chi connectivity index (χ0n) is 15.5. The quantitative estimate of drug-likeness (QED) is 0.791. The number of rotatable bonds is 6. The zero-order chi connectivity index (χ0) is 19.4. The van der Waals surface area contributed by atoms with Gasteiger partial charge in [-0.3, -0.25) is 9.59 Å². The van der Waals surface area contributed by atoms with Gasteiger partial charge in [0.25, 0.3) is 5.91 Å². The van der Waals surface area contributed by atoms with Crippen molar-refractivity contribution in [2.45, 2.75) is 39.2 Å². The largest absolute Gasteiger partial charge is 0.481 e. The molecule has 5 nitrogen and oxygen atoms in total. The molecule has 2 aromatic rings. The molecular weight excluding hydrogens is 364 g/mol. The minimum absolute atomic E-state index is 0.143. The minimum atomic E-state index is -0.606. The highest BCUT2D eigenvalue weighted by molar-refractivity contribution is 6.31. The first-order valence-corrected chi connectivity index (χ1v) is 9.50. The summed E-state index contributed by atoms with van der Waals surface area (Å²) in [5.41, 5.74) is 2.43. The summed E-state index contributed by atoms with van der Waals surface area (Å²) >= 11 is 6.03. The van der Waals surface area contributed by atoms with Crippen molar-refractivity contribution in [1.29, 1.82) is 0 Å². The molecular formula is C21H23ClN2O3. The first kappa shape index (κ1) is 19.2. The van der Waals surface area contributed by atoms with Crippen LogP contribution >= 0.6 is 11.6 Å². The van der Waals surface area contributed by atoms with Crippen LogP contribution in [-0.4, -0.2) is 24.5 Å². The van der Waals surface area contributed by atoms with Crippen molar-refractivity contribution in [2.24, 2.45) is 0 Å². The van der Waals surface area contributed by atoms with Crippen molar-refractivity contribution in [3.8, 4) is 5.75 Å². The molecule has 27 heavy (non-hydrogen) atoms. The van der Waals surface area contributed by atoms with Crippen LogP contribution < -0.4 is 15.0 Å². The molecule has 3 rings (SSSR count). The second-order valence-electron chi connectivity index (χ2n) is 6.61. The third kappa shape index (κ3) is 4.61. The van der Waals surface area contributed by atoms with Crippen molar-refractivity contribution in [1.82, 2.24) is 0 Å². The van der Waals surface area contributed by atoms with E-state index in [1.165, 1.54) is 0 Å². The Hall–Kier alpha value is -2.53. The molecule has 1 aliphatic heterocycles. The summed E-state index contributed by atoms with van der Waals surface area (Å²) in [6.07, 6.45) is 1.41. The van der Waals surface area contributed by atoms with Crippen LogP contribution in [0.3, 0.4) is 0 Å². The summed E-state index contributed by atoms with van der Waals surface area (Å²) < 4.78 is 5.83. The van der Waals surface area contributed by atoms with Gasteiger partial charge in [-0.25, -0.2) is 0 Å². The number of nitrogens with one attached hydrogen (secondary N) is 1. The Bertz CT molecular complexity index is 836. The number of ether oxygens (including phenoxy) is 1. The molecule has 2 aromatic carbocycles. The number of carbonyl (C=O) groups is 2. The average Bonchev–Trinajstić information content (AvgIpc) is 3.09. The monoisotopic (exact) mass is 386 g/mol. The second kappa shape index (κ2) is 8.44. The van der Waals surface area contributed by atoms with E-state index in [1.807, 2.05) is 32.0 Å². The van der Waals surface area contributed by atoms with Gasteiger partial charge >= 0.3 is 0 Å². The van der Waals surface area contributed by atoms with Crippen LogP contribution in [0, 0.1) is 6.92 Å². The minimum Gasteiger partial charge on any atom is -0.481 e. The van der Waals surface area contributed by atoms with Gasteiger partial charge in [0, 0.05) is 29.4 Å². The highest BCUT2D eigenvalue weighted by atomic mass is 35.5. The molecule has 1 atom stereocenters. The van der Waals surface area contributed by atoms with E-state index in [0.29, 0.717) is 29.3 Å². The molecule has 1 N–H and O–H groups in total. The molecule has 1 aliphatic rings. The fraction of sp³-hybridized carbons (Fsp3) is 0.333. The Labute approximate surface area is 164 Å². The molecule has 1 saturated heterocycles. The Morgan fingerprint density at radius 1 is 1.26 bits per heavy atom.